The van der Waals surface area contributed by atoms with Crippen molar-refractivity contribution in [2.24, 2.45) is 22.6 Å². The number of hydrogen-bond acceptors (Lipinski definition) is 7. The van der Waals surface area contributed by atoms with Crippen molar-refractivity contribution in [2.45, 2.75) is 20.8 Å². The monoisotopic (exact) mass is 604 g/mol. The van der Waals surface area contributed by atoms with Crippen molar-refractivity contribution in [3.63, 3.8) is 0 Å². The molecule has 0 amide bonds. The molecule has 0 radical (unpaired) electrons. The first kappa shape index (κ1) is 29.6. The lowest BCUT2D eigenvalue weighted by molar-refractivity contribution is 0.343. The van der Waals surface area contributed by atoms with E-state index in [2.05, 4.69) is 49.6 Å². The Morgan fingerprint density at radius 1 is 1.14 bits per heavy atom. The van der Waals surface area contributed by atoms with Gasteiger partial charge in [-0.3, -0.25) is 0 Å². The van der Waals surface area contributed by atoms with Crippen LogP contribution in [-0.4, -0.2) is 52.7 Å². The van der Waals surface area contributed by atoms with Crippen molar-refractivity contribution in [1.29, 1.82) is 5.41 Å². The molecule has 3 heterocycles. The van der Waals surface area contributed by atoms with Gasteiger partial charge in [-0.15, -0.1) is 0 Å². The molecule has 0 saturated carbocycles. The molecular formula is C31H34Cl2N8O. The van der Waals surface area contributed by atoms with Gasteiger partial charge in [0.15, 0.2) is 0 Å². The third-order valence-corrected chi connectivity index (χ3v) is 8.03. The number of nitrogens with two attached hydrogens (primary N) is 1. The van der Waals surface area contributed by atoms with E-state index in [-0.39, 0.29) is 11.9 Å². The molecule has 9 nitrogen and oxygen atoms in total. The van der Waals surface area contributed by atoms with E-state index in [1.54, 1.807) is 25.1 Å². The van der Waals surface area contributed by atoms with Crippen molar-refractivity contribution < 1.29 is 4.42 Å². The molecule has 42 heavy (non-hydrogen) atoms. The van der Waals surface area contributed by atoms with Crippen LogP contribution in [-0.2, 0) is 0 Å². The summed E-state index contributed by atoms with van der Waals surface area (Å²) < 4.78 is 6.04. The normalized spacial score (nSPS) is 17.8. The molecule has 2 aromatic carbocycles. The maximum atomic E-state index is 7.89. The van der Waals surface area contributed by atoms with Crippen LogP contribution < -0.4 is 16.4 Å². The average Bonchev–Trinajstić information content (AvgIpc) is 3.55. The lowest BCUT2D eigenvalue weighted by atomic mass is 9.95. The molecule has 5 N–H and O–H groups in total. The second-order valence-electron chi connectivity index (χ2n) is 10.5. The minimum Gasteiger partial charge on any atom is -0.457 e. The molecule has 11 heteroatoms. The molecule has 0 spiro atoms. The van der Waals surface area contributed by atoms with Crippen LogP contribution in [0.15, 0.2) is 64.0 Å². The number of guanidine groups is 1. The number of nitrogens with zero attached hydrogens (tertiary/aromatic N) is 4. The first-order valence-corrected chi connectivity index (χ1v) is 14.6. The van der Waals surface area contributed by atoms with Crippen LogP contribution >= 0.6 is 23.2 Å². The first-order valence-electron chi connectivity index (χ1n) is 13.8. The number of benzene rings is 2. The first-order chi connectivity index (χ1) is 20.2. The standard InChI is InChI=1S/C31H34Cl2N8O/c1-4-41-16-21(5-8-25-13-22-12-20(19(3)34)6-10-28(22)42-25)23(17-41)15-36-29-11-18(2)37-31(39-29)40-30(35)38-24-7-9-26(32)27(33)14-24/h5-14,21,23,34H,4,15-17H2,1-3H3,(H4,35,36,37,38,39,40)/b8-5+,34-19?. The molecule has 1 aliphatic rings. The smallest absolute Gasteiger partial charge is 0.254 e. The number of aryl methyl sites for hydroxylation is 1. The number of rotatable bonds is 9. The number of anilines is 2. The molecule has 2 unspecified atom stereocenters. The van der Waals surface area contributed by atoms with Gasteiger partial charge in [0.25, 0.3) is 5.95 Å². The minimum absolute atomic E-state index is 0.138. The zero-order valence-corrected chi connectivity index (χ0v) is 25.3. The summed E-state index contributed by atoms with van der Waals surface area (Å²) in [6.07, 6.45) is 4.32. The van der Waals surface area contributed by atoms with Gasteiger partial charge in [0.1, 0.15) is 17.2 Å². The average molecular weight is 606 g/mol. The summed E-state index contributed by atoms with van der Waals surface area (Å²) in [5.41, 5.74) is 9.81. The molecule has 0 aliphatic carbocycles. The molecule has 218 valence electrons. The molecule has 0 bridgehead atoms. The lowest BCUT2D eigenvalue weighted by Crippen LogP contribution is -2.23. The topological polar surface area (TPSA) is 128 Å². The zero-order chi connectivity index (χ0) is 29.8. The molecule has 1 aliphatic heterocycles. The highest BCUT2D eigenvalue weighted by atomic mass is 35.5. The Kier molecular flexibility index (Phi) is 9.11. The molecule has 4 aromatic rings. The fourth-order valence-electron chi connectivity index (χ4n) is 5.07. The predicted molar refractivity (Wildman–Crippen MR) is 173 cm³/mol. The second-order valence-corrected chi connectivity index (χ2v) is 11.3. The molecule has 2 aromatic heterocycles. The summed E-state index contributed by atoms with van der Waals surface area (Å²) in [4.78, 5) is 15.8. The van der Waals surface area contributed by atoms with E-state index in [1.807, 2.05) is 37.3 Å². The third kappa shape index (κ3) is 7.28. The van der Waals surface area contributed by atoms with Gasteiger partial charge in [-0.2, -0.15) is 9.98 Å². The van der Waals surface area contributed by atoms with Crippen LogP contribution in [0.25, 0.3) is 17.0 Å². The van der Waals surface area contributed by atoms with E-state index < -0.39 is 0 Å². The molecule has 1 fully saturated rings. The van der Waals surface area contributed by atoms with E-state index in [0.717, 1.165) is 54.2 Å². The van der Waals surface area contributed by atoms with Crippen LogP contribution in [0.3, 0.4) is 0 Å². The SMILES string of the molecule is CCN1CC(/C=C/c2cc3cc(C(C)=N)ccc3o2)C(CNc2cc(C)nc(N=C(N)Nc3ccc(Cl)c(Cl)c3)n2)C1. The van der Waals surface area contributed by atoms with Gasteiger partial charge in [-0.1, -0.05) is 36.2 Å². The van der Waals surface area contributed by atoms with Crippen LogP contribution in [0, 0.1) is 24.2 Å². The van der Waals surface area contributed by atoms with Gasteiger partial charge in [-0.05, 0) is 86.3 Å². The van der Waals surface area contributed by atoms with E-state index in [4.69, 9.17) is 38.8 Å². The summed E-state index contributed by atoms with van der Waals surface area (Å²) in [6.45, 7) is 9.57. The van der Waals surface area contributed by atoms with Gasteiger partial charge in [0.05, 0.1) is 10.0 Å². The van der Waals surface area contributed by atoms with Gasteiger partial charge in [-0.25, -0.2) is 4.98 Å². The van der Waals surface area contributed by atoms with Crippen LogP contribution in [0.1, 0.15) is 30.9 Å². The minimum atomic E-state index is 0.138. The third-order valence-electron chi connectivity index (χ3n) is 7.29. The number of hydrogen-bond donors (Lipinski definition) is 4. The quantitative estimate of drug-likeness (QED) is 0.120. The second kappa shape index (κ2) is 12.9. The Morgan fingerprint density at radius 3 is 2.74 bits per heavy atom. The van der Waals surface area contributed by atoms with Gasteiger partial charge in [0.2, 0.25) is 5.96 Å². The molecule has 5 rings (SSSR count). The van der Waals surface area contributed by atoms with Crippen molar-refractivity contribution in [2.75, 3.05) is 36.8 Å². The summed E-state index contributed by atoms with van der Waals surface area (Å²) in [6, 6.07) is 14.9. The Hall–Kier alpha value is -3.92. The van der Waals surface area contributed by atoms with E-state index in [1.165, 1.54) is 0 Å². The maximum Gasteiger partial charge on any atom is 0.254 e. The van der Waals surface area contributed by atoms with E-state index in [0.29, 0.717) is 39.1 Å². The lowest BCUT2D eigenvalue weighted by Gasteiger charge is -2.17. The van der Waals surface area contributed by atoms with Crippen LogP contribution in [0.5, 0.6) is 0 Å². The van der Waals surface area contributed by atoms with E-state index >= 15 is 0 Å². The fraction of sp³-hybridized carbons (Fsp3) is 0.290. The number of likely N-dealkylation sites (tertiary alicyclic amines) is 1. The number of halogens is 2. The van der Waals surface area contributed by atoms with Crippen molar-refractivity contribution >= 4 is 69.4 Å². The summed E-state index contributed by atoms with van der Waals surface area (Å²) in [5.74, 6) is 2.62. The number of fused-ring (bicyclic) bond motifs is 1. The Balaban J connectivity index is 1.26. The highest BCUT2D eigenvalue weighted by Crippen LogP contribution is 2.28. The number of aliphatic imine (C=N–C) groups is 1. The van der Waals surface area contributed by atoms with Crippen molar-refractivity contribution in [3.05, 3.63) is 81.7 Å². The zero-order valence-electron chi connectivity index (χ0n) is 23.8. The summed E-state index contributed by atoms with van der Waals surface area (Å²) >= 11 is 12.1. The number of furan rings is 1. The van der Waals surface area contributed by atoms with Gasteiger partial charge >= 0.3 is 0 Å². The predicted octanol–water partition coefficient (Wildman–Crippen LogP) is 6.98. The van der Waals surface area contributed by atoms with Crippen molar-refractivity contribution in [1.82, 2.24) is 14.9 Å². The molecule has 1 saturated heterocycles. The van der Waals surface area contributed by atoms with Gasteiger partial charge < -0.3 is 31.1 Å². The molecule has 2 atom stereocenters. The highest BCUT2D eigenvalue weighted by molar-refractivity contribution is 6.42. The van der Waals surface area contributed by atoms with Crippen molar-refractivity contribution in [3.8, 4) is 0 Å². The van der Waals surface area contributed by atoms with Crippen LogP contribution in [0.2, 0.25) is 10.0 Å². The Morgan fingerprint density at radius 2 is 1.98 bits per heavy atom. The maximum absolute atomic E-state index is 7.89. The fourth-order valence-corrected chi connectivity index (χ4v) is 5.36. The largest absolute Gasteiger partial charge is 0.457 e. The summed E-state index contributed by atoms with van der Waals surface area (Å²) in [7, 11) is 0. The van der Waals surface area contributed by atoms with Crippen LogP contribution in [0.4, 0.5) is 17.5 Å². The summed E-state index contributed by atoms with van der Waals surface area (Å²) in [5, 5.41) is 16.3. The van der Waals surface area contributed by atoms with E-state index in [9.17, 15) is 0 Å². The van der Waals surface area contributed by atoms with Gasteiger partial charge in [0, 0.05) is 48.2 Å². The number of nitrogens with one attached hydrogen (secondary N) is 3. The highest BCUT2D eigenvalue weighted by Gasteiger charge is 2.30. The number of aromatic nitrogens is 2. The Labute approximate surface area is 255 Å². The Bertz CT molecular complexity index is 1660. The molecular weight excluding hydrogens is 571 g/mol.